The van der Waals surface area contributed by atoms with Crippen molar-refractivity contribution in [3.63, 3.8) is 0 Å². The molecule has 2 aromatic carbocycles. The second-order valence-corrected chi connectivity index (χ2v) is 9.91. The number of amides is 1. The topological polar surface area (TPSA) is 95.6 Å². The molecule has 3 aromatic rings. The average Bonchev–Trinajstić information content (AvgIpc) is 2.72. The van der Waals surface area contributed by atoms with Crippen LogP contribution in [0.2, 0.25) is 10.0 Å². The number of halogens is 2. The van der Waals surface area contributed by atoms with E-state index in [2.05, 4.69) is 14.9 Å². The number of hydrogen-bond donors (Lipinski definition) is 2. The lowest BCUT2D eigenvalue weighted by Crippen LogP contribution is -2.59. The Morgan fingerprint density at radius 1 is 1.12 bits per heavy atom. The molecular formula is C23H25Cl2N5O2. The van der Waals surface area contributed by atoms with Gasteiger partial charge in [0, 0.05) is 35.6 Å². The normalized spacial score (nSPS) is 17.1. The highest BCUT2D eigenvalue weighted by atomic mass is 35.5. The van der Waals surface area contributed by atoms with E-state index < -0.39 is 6.09 Å². The zero-order valence-electron chi connectivity index (χ0n) is 18.1. The first kappa shape index (κ1) is 22.4. The predicted molar refractivity (Wildman–Crippen MR) is 130 cm³/mol. The Bertz CT molecular complexity index is 1180. The van der Waals surface area contributed by atoms with Gasteiger partial charge < -0.3 is 20.6 Å². The summed E-state index contributed by atoms with van der Waals surface area (Å²) in [5.74, 6) is 0.828. The fourth-order valence-electron chi connectivity index (χ4n) is 4.19. The third-order valence-electron chi connectivity index (χ3n) is 5.86. The van der Waals surface area contributed by atoms with E-state index >= 15 is 0 Å². The van der Waals surface area contributed by atoms with Gasteiger partial charge in [-0.1, -0.05) is 56.1 Å². The van der Waals surface area contributed by atoms with Gasteiger partial charge in [-0.3, -0.25) is 0 Å². The number of nitrogen functional groups attached to an aromatic ring is 1. The summed E-state index contributed by atoms with van der Waals surface area (Å²) < 4.78 is 0. The van der Waals surface area contributed by atoms with E-state index in [1.807, 2.05) is 51.1 Å². The molecule has 2 heterocycles. The Morgan fingerprint density at radius 2 is 1.81 bits per heavy atom. The maximum Gasteiger partial charge on any atom is 0.407 e. The van der Waals surface area contributed by atoms with E-state index in [1.165, 1.54) is 4.90 Å². The molecule has 7 nitrogen and oxygen atoms in total. The Kier molecular flexibility index (Phi) is 5.81. The minimum atomic E-state index is -0.909. The van der Waals surface area contributed by atoms with Crippen LogP contribution in [0.5, 0.6) is 0 Å². The van der Waals surface area contributed by atoms with E-state index in [0.717, 1.165) is 16.5 Å². The van der Waals surface area contributed by atoms with E-state index in [4.69, 9.17) is 28.9 Å². The van der Waals surface area contributed by atoms with Crippen LogP contribution in [0.1, 0.15) is 20.8 Å². The molecule has 4 rings (SSSR count). The number of aromatic nitrogens is 2. The Labute approximate surface area is 196 Å². The Morgan fingerprint density at radius 3 is 2.44 bits per heavy atom. The largest absolute Gasteiger partial charge is 0.465 e. The van der Waals surface area contributed by atoms with Crippen LogP contribution < -0.4 is 10.6 Å². The van der Waals surface area contributed by atoms with Gasteiger partial charge in [0.2, 0.25) is 5.95 Å². The number of fused-ring (bicyclic) bond motifs is 1. The smallest absolute Gasteiger partial charge is 0.407 e. The van der Waals surface area contributed by atoms with Crippen molar-refractivity contribution in [2.75, 3.05) is 30.3 Å². The lowest BCUT2D eigenvalue weighted by atomic mass is 9.84. The Balaban J connectivity index is 1.82. The molecule has 0 radical (unpaired) electrons. The van der Waals surface area contributed by atoms with Crippen LogP contribution in [0, 0.1) is 5.41 Å². The molecule has 1 atom stereocenters. The monoisotopic (exact) mass is 473 g/mol. The summed E-state index contributed by atoms with van der Waals surface area (Å²) in [5, 5.41) is 11.7. The average molecular weight is 474 g/mol. The highest BCUT2D eigenvalue weighted by Gasteiger charge is 2.38. The summed E-state index contributed by atoms with van der Waals surface area (Å²) in [5.41, 5.74) is 8.19. The first-order valence-electron chi connectivity index (χ1n) is 10.3. The second-order valence-electron chi connectivity index (χ2n) is 9.07. The molecule has 1 aliphatic rings. The summed E-state index contributed by atoms with van der Waals surface area (Å²) >= 11 is 12.6. The summed E-state index contributed by atoms with van der Waals surface area (Å²) in [6.45, 7) is 7.51. The molecular weight excluding hydrogens is 449 g/mol. The molecule has 32 heavy (non-hydrogen) atoms. The molecule has 0 spiro atoms. The van der Waals surface area contributed by atoms with Gasteiger partial charge in [-0.2, -0.15) is 4.98 Å². The zero-order chi connectivity index (χ0) is 23.2. The SMILES string of the molecule is CC(C)(C)C1CN(c2nc(N)nc3cc(Cl)c(-c4ccc(Cl)cc4)cc23)CCN1C(=O)O. The molecule has 9 heteroatoms. The first-order valence-corrected chi connectivity index (χ1v) is 11.1. The maximum atomic E-state index is 11.8. The van der Waals surface area contributed by atoms with Crippen molar-refractivity contribution in [3.8, 4) is 11.1 Å². The van der Waals surface area contributed by atoms with Gasteiger partial charge >= 0.3 is 6.09 Å². The molecule has 1 saturated heterocycles. The van der Waals surface area contributed by atoms with Gasteiger partial charge in [0.05, 0.1) is 16.6 Å². The number of nitrogens with two attached hydrogens (primary N) is 1. The summed E-state index contributed by atoms with van der Waals surface area (Å²) in [7, 11) is 0. The van der Waals surface area contributed by atoms with E-state index in [1.54, 1.807) is 6.07 Å². The van der Waals surface area contributed by atoms with Crippen LogP contribution in [0.4, 0.5) is 16.6 Å². The number of carboxylic acid groups (broad SMARTS) is 1. The summed E-state index contributed by atoms with van der Waals surface area (Å²) in [6.07, 6.45) is -0.909. The lowest BCUT2D eigenvalue weighted by Gasteiger charge is -2.46. The molecule has 1 fully saturated rings. The number of rotatable bonds is 2. The van der Waals surface area contributed by atoms with Gasteiger partial charge in [0.15, 0.2) is 0 Å². The summed E-state index contributed by atoms with van der Waals surface area (Å²) in [4.78, 5) is 24.4. The van der Waals surface area contributed by atoms with E-state index in [-0.39, 0.29) is 17.4 Å². The van der Waals surface area contributed by atoms with Crippen molar-refractivity contribution in [1.82, 2.24) is 14.9 Å². The van der Waals surface area contributed by atoms with Gasteiger partial charge in [0.25, 0.3) is 0 Å². The van der Waals surface area contributed by atoms with E-state index in [9.17, 15) is 9.90 Å². The zero-order valence-corrected chi connectivity index (χ0v) is 19.7. The van der Waals surface area contributed by atoms with Crippen LogP contribution in [0.3, 0.4) is 0 Å². The van der Waals surface area contributed by atoms with Crippen molar-refractivity contribution in [1.29, 1.82) is 0 Å². The molecule has 1 aromatic heterocycles. The van der Waals surface area contributed by atoms with Gasteiger partial charge in [0.1, 0.15) is 5.82 Å². The third-order valence-corrected chi connectivity index (χ3v) is 6.43. The van der Waals surface area contributed by atoms with Crippen LogP contribution in [-0.4, -0.2) is 51.7 Å². The fraction of sp³-hybridized carbons (Fsp3) is 0.348. The third kappa shape index (κ3) is 4.27. The molecule has 1 unspecified atom stereocenters. The van der Waals surface area contributed by atoms with Crippen molar-refractivity contribution in [3.05, 3.63) is 46.4 Å². The quantitative estimate of drug-likeness (QED) is 0.517. The molecule has 0 saturated carbocycles. The molecule has 0 aliphatic carbocycles. The van der Waals surface area contributed by atoms with Crippen molar-refractivity contribution in [2.45, 2.75) is 26.8 Å². The number of benzene rings is 2. The van der Waals surface area contributed by atoms with Crippen molar-refractivity contribution < 1.29 is 9.90 Å². The van der Waals surface area contributed by atoms with Crippen LogP contribution >= 0.6 is 23.2 Å². The standard InChI is InChI=1S/C23H25Cl2N5O2/c1-23(2,3)19-12-29(8-9-30(19)22(31)32)20-16-10-15(13-4-6-14(24)7-5-13)17(25)11-18(16)27-21(26)28-20/h4-7,10-11,19H,8-9,12H2,1-3H3,(H,31,32)(H2,26,27,28). The van der Waals surface area contributed by atoms with Gasteiger partial charge in [-0.25, -0.2) is 9.78 Å². The van der Waals surface area contributed by atoms with Crippen LogP contribution in [-0.2, 0) is 0 Å². The minimum Gasteiger partial charge on any atom is -0.465 e. The molecule has 168 valence electrons. The number of anilines is 2. The number of carbonyl (C=O) groups is 1. The molecule has 1 amide bonds. The van der Waals surface area contributed by atoms with Crippen molar-refractivity contribution >= 4 is 52.0 Å². The second kappa shape index (κ2) is 8.30. The Hall–Kier alpha value is -2.77. The first-order chi connectivity index (χ1) is 15.0. The van der Waals surface area contributed by atoms with Crippen LogP contribution in [0.15, 0.2) is 36.4 Å². The van der Waals surface area contributed by atoms with Gasteiger partial charge in [-0.15, -0.1) is 0 Å². The molecule has 3 N–H and O–H groups in total. The predicted octanol–water partition coefficient (Wildman–Crippen LogP) is 5.40. The lowest BCUT2D eigenvalue weighted by molar-refractivity contribution is 0.0747. The number of nitrogens with zero attached hydrogens (tertiary/aromatic N) is 4. The highest BCUT2D eigenvalue weighted by molar-refractivity contribution is 6.34. The van der Waals surface area contributed by atoms with E-state index in [0.29, 0.717) is 41.0 Å². The molecule has 1 aliphatic heterocycles. The summed E-state index contributed by atoms with van der Waals surface area (Å²) in [6, 6.07) is 11.0. The minimum absolute atomic E-state index is 0.149. The van der Waals surface area contributed by atoms with Gasteiger partial charge in [-0.05, 0) is 35.2 Å². The number of piperazine rings is 1. The fourth-order valence-corrected chi connectivity index (χ4v) is 4.58. The van der Waals surface area contributed by atoms with Crippen molar-refractivity contribution in [2.24, 2.45) is 5.41 Å². The van der Waals surface area contributed by atoms with Crippen LogP contribution in [0.25, 0.3) is 22.0 Å². The maximum absolute atomic E-state index is 11.8. The molecule has 0 bridgehead atoms. The number of hydrogen-bond acceptors (Lipinski definition) is 5. The highest BCUT2D eigenvalue weighted by Crippen LogP contribution is 2.37.